The predicted octanol–water partition coefficient (Wildman–Crippen LogP) is 0.709. The van der Waals surface area contributed by atoms with E-state index in [1.54, 1.807) is 0 Å². The molecular formula is C13H23N5O. The summed E-state index contributed by atoms with van der Waals surface area (Å²) >= 11 is 0. The molecule has 0 aliphatic carbocycles. The number of aromatic nitrogens is 2. The lowest BCUT2D eigenvalue weighted by Crippen LogP contribution is -2.36. The molecule has 0 fully saturated rings. The van der Waals surface area contributed by atoms with Crippen molar-refractivity contribution in [3.05, 3.63) is 12.0 Å². The number of hydrogen-bond acceptors (Lipinski definition) is 6. The maximum Gasteiger partial charge on any atom is 0.150 e. The molecule has 19 heavy (non-hydrogen) atoms. The maximum absolute atomic E-state index is 9.34. The van der Waals surface area contributed by atoms with Crippen molar-refractivity contribution < 1.29 is 5.11 Å². The van der Waals surface area contributed by atoms with Crippen molar-refractivity contribution in [1.82, 2.24) is 15.3 Å². The Balaban J connectivity index is 1.90. The number of nitrogen functional groups attached to an aromatic ring is 1. The Bertz CT molecular complexity index is 412. The number of nitrogens with one attached hydrogen (secondary N) is 2. The molecule has 2 rings (SSSR count). The molecule has 0 spiro atoms. The van der Waals surface area contributed by atoms with Crippen LogP contribution in [0.4, 0.5) is 11.5 Å². The fraction of sp³-hybridized carbons (Fsp3) is 0.692. The average Bonchev–Trinajstić information content (AvgIpc) is 2.84. The zero-order valence-corrected chi connectivity index (χ0v) is 11.4. The van der Waals surface area contributed by atoms with Gasteiger partial charge in [0.25, 0.3) is 0 Å². The molecule has 0 saturated carbocycles. The summed E-state index contributed by atoms with van der Waals surface area (Å²) < 4.78 is 0. The van der Waals surface area contributed by atoms with Gasteiger partial charge in [0.1, 0.15) is 6.33 Å². The van der Waals surface area contributed by atoms with Gasteiger partial charge in [-0.15, -0.1) is 0 Å². The van der Waals surface area contributed by atoms with Crippen LogP contribution in [0.25, 0.3) is 0 Å². The van der Waals surface area contributed by atoms with E-state index < -0.39 is 0 Å². The second kappa shape index (κ2) is 6.68. The number of nitrogens with zero attached hydrogens (tertiary/aromatic N) is 2. The molecule has 2 heterocycles. The first-order valence-electron chi connectivity index (χ1n) is 6.94. The van der Waals surface area contributed by atoms with Gasteiger partial charge in [-0.1, -0.05) is 19.8 Å². The number of aliphatic hydroxyl groups excluding tert-OH is 1. The molecule has 106 valence electrons. The fourth-order valence-electron chi connectivity index (χ4n) is 2.41. The van der Waals surface area contributed by atoms with Gasteiger partial charge in [-0.2, -0.15) is 0 Å². The largest absolute Gasteiger partial charge is 0.395 e. The Morgan fingerprint density at radius 2 is 2.42 bits per heavy atom. The quantitative estimate of drug-likeness (QED) is 0.580. The molecule has 1 aliphatic heterocycles. The molecule has 1 aliphatic rings. The summed E-state index contributed by atoms with van der Waals surface area (Å²) in [5.41, 5.74) is 7.65. The van der Waals surface area contributed by atoms with Crippen LogP contribution in [-0.4, -0.2) is 40.8 Å². The van der Waals surface area contributed by atoms with Gasteiger partial charge in [0.05, 0.1) is 18.0 Å². The van der Waals surface area contributed by atoms with E-state index in [0.29, 0.717) is 5.82 Å². The molecule has 0 aromatic carbocycles. The topological polar surface area (TPSA) is 96.1 Å². The first kappa shape index (κ1) is 14.0. The van der Waals surface area contributed by atoms with Crippen molar-refractivity contribution in [3.63, 3.8) is 0 Å². The molecule has 5 N–H and O–H groups in total. The van der Waals surface area contributed by atoms with Gasteiger partial charge >= 0.3 is 0 Å². The highest BCUT2D eigenvalue weighted by molar-refractivity contribution is 5.68. The van der Waals surface area contributed by atoms with Crippen molar-refractivity contribution in [2.75, 3.05) is 30.7 Å². The summed E-state index contributed by atoms with van der Waals surface area (Å²) in [7, 11) is 0. The van der Waals surface area contributed by atoms with Gasteiger partial charge in [-0.05, 0) is 6.42 Å². The van der Waals surface area contributed by atoms with Crippen LogP contribution in [0.15, 0.2) is 6.33 Å². The van der Waals surface area contributed by atoms with Crippen molar-refractivity contribution in [1.29, 1.82) is 0 Å². The molecular weight excluding hydrogens is 242 g/mol. The highest BCUT2D eigenvalue weighted by atomic mass is 16.3. The highest BCUT2D eigenvalue weighted by Crippen LogP contribution is 2.32. The van der Waals surface area contributed by atoms with Gasteiger partial charge in [0.15, 0.2) is 5.82 Å². The van der Waals surface area contributed by atoms with E-state index in [4.69, 9.17) is 5.73 Å². The van der Waals surface area contributed by atoms with Crippen LogP contribution in [0.1, 0.15) is 37.8 Å². The summed E-state index contributed by atoms with van der Waals surface area (Å²) in [6.07, 6.45) is 4.79. The molecule has 0 bridgehead atoms. The third-order valence-electron chi connectivity index (χ3n) is 3.60. The Kier molecular flexibility index (Phi) is 4.93. The van der Waals surface area contributed by atoms with Gasteiger partial charge in [0.2, 0.25) is 0 Å². The third kappa shape index (κ3) is 3.33. The Labute approximate surface area is 113 Å². The number of fused-ring (bicyclic) bond motifs is 1. The van der Waals surface area contributed by atoms with E-state index in [2.05, 4.69) is 27.5 Å². The Morgan fingerprint density at radius 1 is 1.58 bits per heavy atom. The monoisotopic (exact) mass is 265 g/mol. The SMILES string of the molecule is CCCCC(CO)NCC1CNc2c(N)ncnc21. The summed E-state index contributed by atoms with van der Waals surface area (Å²) in [5.74, 6) is 0.799. The number of rotatable bonds is 7. The molecule has 2 atom stereocenters. The molecule has 1 aromatic rings. The Hall–Kier alpha value is -1.40. The molecule has 0 amide bonds. The molecule has 0 radical (unpaired) electrons. The lowest BCUT2D eigenvalue weighted by atomic mass is 10.1. The normalized spacial score (nSPS) is 18.9. The maximum atomic E-state index is 9.34. The van der Waals surface area contributed by atoms with Crippen molar-refractivity contribution in [2.24, 2.45) is 0 Å². The minimum absolute atomic E-state index is 0.170. The molecule has 0 saturated heterocycles. The van der Waals surface area contributed by atoms with Crippen molar-refractivity contribution in [2.45, 2.75) is 38.1 Å². The predicted molar refractivity (Wildman–Crippen MR) is 76.1 cm³/mol. The fourth-order valence-corrected chi connectivity index (χ4v) is 2.41. The smallest absolute Gasteiger partial charge is 0.150 e. The summed E-state index contributed by atoms with van der Waals surface area (Å²) in [5, 5.41) is 16.0. The Morgan fingerprint density at radius 3 is 3.16 bits per heavy atom. The zero-order chi connectivity index (χ0) is 13.7. The van der Waals surface area contributed by atoms with E-state index in [9.17, 15) is 5.11 Å². The highest BCUT2D eigenvalue weighted by Gasteiger charge is 2.26. The minimum Gasteiger partial charge on any atom is -0.395 e. The average molecular weight is 265 g/mol. The number of aliphatic hydroxyl groups is 1. The van der Waals surface area contributed by atoms with Gasteiger partial charge in [-0.3, -0.25) is 0 Å². The number of unbranched alkanes of at least 4 members (excludes halogenated alkanes) is 1. The molecule has 6 heteroatoms. The number of anilines is 2. The van der Waals surface area contributed by atoms with Crippen molar-refractivity contribution >= 4 is 11.5 Å². The minimum atomic E-state index is 0.170. The van der Waals surface area contributed by atoms with Crippen LogP contribution >= 0.6 is 0 Å². The van der Waals surface area contributed by atoms with Crippen molar-refractivity contribution in [3.8, 4) is 0 Å². The van der Waals surface area contributed by atoms with Crippen LogP contribution in [0.2, 0.25) is 0 Å². The lowest BCUT2D eigenvalue weighted by Gasteiger charge is -2.18. The first-order valence-corrected chi connectivity index (χ1v) is 6.94. The van der Waals surface area contributed by atoms with Crippen LogP contribution in [-0.2, 0) is 0 Å². The lowest BCUT2D eigenvalue weighted by molar-refractivity contribution is 0.232. The number of hydrogen-bond donors (Lipinski definition) is 4. The summed E-state index contributed by atoms with van der Waals surface area (Å²) in [6.45, 7) is 3.95. The van der Waals surface area contributed by atoms with Gasteiger partial charge in [0, 0.05) is 25.0 Å². The van der Waals surface area contributed by atoms with Gasteiger partial charge in [-0.25, -0.2) is 9.97 Å². The van der Waals surface area contributed by atoms with E-state index in [1.807, 2.05) is 0 Å². The number of nitrogens with two attached hydrogens (primary N) is 1. The van der Waals surface area contributed by atoms with E-state index in [1.165, 1.54) is 6.33 Å². The van der Waals surface area contributed by atoms with Crippen LogP contribution in [0.3, 0.4) is 0 Å². The van der Waals surface area contributed by atoms with Crippen LogP contribution in [0, 0.1) is 0 Å². The second-order valence-electron chi connectivity index (χ2n) is 5.03. The zero-order valence-electron chi connectivity index (χ0n) is 11.4. The second-order valence-corrected chi connectivity index (χ2v) is 5.03. The third-order valence-corrected chi connectivity index (χ3v) is 3.60. The van der Waals surface area contributed by atoms with Crippen LogP contribution in [0.5, 0.6) is 0 Å². The molecule has 2 unspecified atom stereocenters. The van der Waals surface area contributed by atoms with E-state index in [0.717, 1.165) is 43.7 Å². The van der Waals surface area contributed by atoms with E-state index >= 15 is 0 Å². The van der Waals surface area contributed by atoms with E-state index in [-0.39, 0.29) is 18.6 Å². The first-order chi connectivity index (χ1) is 9.26. The van der Waals surface area contributed by atoms with Gasteiger partial charge < -0.3 is 21.5 Å². The summed E-state index contributed by atoms with van der Waals surface area (Å²) in [6, 6.07) is 0.170. The summed E-state index contributed by atoms with van der Waals surface area (Å²) in [4.78, 5) is 8.29. The standard InChI is InChI=1S/C13H23N5O/c1-2-3-4-10(7-19)15-5-9-6-16-12-11(9)17-8-18-13(12)14/h8-10,15-16,19H,2-7H2,1H3,(H2,14,17,18). The molecule has 1 aromatic heterocycles. The molecule has 6 nitrogen and oxygen atoms in total. The van der Waals surface area contributed by atoms with Crippen LogP contribution < -0.4 is 16.4 Å².